The van der Waals surface area contributed by atoms with Gasteiger partial charge < -0.3 is 10.5 Å². The molecule has 0 aliphatic carbocycles. The Labute approximate surface area is 78.1 Å². The fraction of sp³-hybridized carbons (Fsp3) is 0.556. The van der Waals surface area contributed by atoms with Crippen LogP contribution in [0.1, 0.15) is 19.2 Å². The Bertz CT molecular complexity index is 265. The maximum atomic E-state index is 5.78. The quantitative estimate of drug-likeness (QED) is 0.745. The van der Waals surface area contributed by atoms with E-state index in [9.17, 15) is 0 Å². The summed E-state index contributed by atoms with van der Waals surface area (Å²) in [5.74, 6) is 1.34. The highest BCUT2D eigenvalue weighted by Crippen LogP contribution is 2.05. The molecule has 72 valence electrons. The van der Waals surface area contributed by atoms with E-state index in [0.29, 0.717) is 12.3 Å². The maximum Gasteiger partial charge on any atom is 0.216 e. The van der Waals surface area contributed by atoms with Crippen molar-refractivity contribution in [2.45, 2.75) is 25.8 Å². The minimum atomic E-state index is 0.132. The third kappa shape index (κ3) is 2.99. The SMILES string of the molecule is CCC(N)Cc1nccc(OC)n1. The second kappa shape index (κ2) is 4.77. The van der Waals surface area contributed by atoms with Crippen LogP contribution in [0.5, 0.6) is 5.88 Å². The summed E-state index contributed by atoms with van der Waals surface area (Å²) in [6, 6.07) is 1.85. The number of rotatable bonds is 4. The maximum absolute atomic E-state index is 5.78. The number of nitrogens with zero attached hydrogens (tertiary/aromatic N) is 2. The van der Waals surface area contributed by atoms with Crippen molar-refractivity contribution < 1.29 is 4.74 Å². The van der Waals surface area contributed by atoms with Crippen molar-refractivity contribution >= 4 is 0 Å². The summed E-state index contributed by atoms with van der Waals surface area (Å²) >= 11 is 0. The summed E-state index contributed by atoms with van der Waals surface area (Å²) in [5.41, 5.74) is 5.78. The van der Waals surface area contributed by atoms with Crippen molar-refractivity contribution in [3.05, 3.63) is 18.1 Å². The Kier molecular flexibility index (Phi) is 3.64. The molecular formula is C9H15N3O. The third-order valence-electron chi connectivity index (χ3n) is 1.86. The van der Waals surface area contributed by atoms with Crippen LogP contribution >= 0.6 is 0 Å². The van der Waals surface area contributed by atoms with E-state index in [1.807, 2.05) is 6.92 Å². The van der Waals surface area contributed by atoms with Gasteiger partial charge in [0.25, 0.3) is 0 Å². The number of hydrogen-bond acceptors (Lipinski definition) is 4. The molecule has 0 aliphatic heterocycles. The number of aromatic nitrogens is 2. The second-order valence-electron chi connectivity index (χ2n) is 2.89. The van der Waals surface area contributed by atoms with Gasteiger partial charge in [-0.3, -0.25) is 0 Å². The van der Waals surface area contributed by atoms with Crippen LogP contribution in [0.15, 0.2) is 12.3 Å². The molecule has 1 aromatic heterocycles. The van der Waals surface area contributed by atoms with E-state index < -0.39 is 0 Å². The van der Waals surface area contributed by atoms with Gasteiger partial charge in [-0.1, -0.05) is 6.92 Å². The first-order valence-corrected chi connectivity index (χ1v) is 4.37. The summed E-state index contributed by atoms with van der Waals surface area (Å²) in [6.07, 6.45) is 3.32. The van der Waals surface area contributed by atoms with Gasteiger partial charge in [0, 0.05) is 24.7 Å². The van der Waals surface area contributed by atoms with Gasteiger partial charge in [0.2, 0.25) is 5.88 Å². The lowest BCUT2D eigenvalue weighted by molar-refractivity contribution is 0.394. The number of ether oxygens (including phenoxy) is 1. The lowest BCUT2D eigenvalue weighted by atomic mass is 10.1. The topological polar surface area (TPSA) is 61.0 Å². The van der Waals surface area contributed by atoms with Crippen LogP contribution in [0.3, 0.4) is 0 Å². The molecule has 1 aromatic rings. The van der Waals surface area contributed by atoms with E-state index in [-0.39, 0.29) is 6.04 Å². The van der Waals surface area contributed by atoms with Crippen molar-refractivity contribution in [1.29, 1.82) is 0 Å². The molecule has 0 aliphatic rings. The molecule has 4 heteroatoms. The molecular weight excluding hydrogens is 166 g/mol. The summed E-state index contributed by atoms with van der Waals surface area (Å²) in [7, 11) is 1.59. The Morgan fingerprint density at radius 2 is 2.38 bits per heavy atom. The average molecular weight is 181 g/mol. The monoisotopic (exact) mass is 181 g/mol. The minimum Gasteiger partial charge on any atom is -0.481 e. The predicted molar refractivity (Wildman–Crippen MR) is 50.6 cm³/mol. The van der Waals surface area contributed by atoms with Crippen LogP contribution in [0, 0.1) is 0 Å². The highest BCUT2D eigenvalue weighted by atomic mass is 16.5. The van der Waals surface area contributed by atoms with Crippen molar-refractivity contribution in [2.24, 2.45) is 5.73 Å². The van der Waals surface area contributed by atoms with Crippen LogP contribution in [-0.2, 0) is 6.42 Å². The first-order valence-electron chi connectivity index (χ1n) is 4.37. The molecule has 0 saturated heterocycles. The molecule has 4 nitrogen and oxygen atoms in total. The zero-order valence-electron chi connectivity index (χ0n) is 8.03. The zero-order chi connectivity index (χ0) is 9.68. The van der Waals surface area contributed by atoms with Crippen LogP contribution < -0.4 is 10.5 Å². The Balaban J connectivity index is 2.66. The molecule has 2 N–H and O–H groups in total. The highest BCUT2D eigenvalue weighted by Gasteiger charge is 2.04. The van der Waals surface area contributed by atoms with Crippen molar-refractivity contribution in [2.75, 3.05) is 7.11 Å². The second-order valence-corrected chi connectivity index (χ2v) is 2.89. The van der Waals surface area contributed by atoms with E-state index in [1.54, 1.807) is 19.4 Å². The molecule has 0 aromatic carbocycles. The fourth-order valence-corrected chi connectivity index (χ4v) is 0.971. The van der Waals surface area contributed by atoms with Gasteiger partial charge in [-0.25, -0.2) is 4.98 Å². The molecule has 1 rings (SSSR count). The van der Waals surface area contributed by atoms with Gasteiger partial charge in [0.05, 0.1) is 7.11 Å². The van der Waals surface area contributed by atoms with Gasteiger partial charge in [0.15, 0.2) is 0 Å². The number of methoxy groups -OCH3 is 1. The molecule has 1 atom stereocenters. The van der Waals surface area contributed by atoms with Gasteiger partial charge >= 0.3 is 0 Å². The number of nitrogens with two attached hydrogens (primary N) is 1. The van der Waals surface area contributed by atoms with E-state index in [1.165, 1.54) is 0 Å². The third-order valence-corrected chi connectivity index (χ3v) is 1.86. The molecule has 1 heterocycles. The number of hydrogen-bond donors (Lipinski definition) is 1. The molecule has 0 bridgehead atoms. The molecule has 1 unspecified atom stereocenters. The summed E-state index contributed by atoms with van der Waals surface area (Å²) < 4.78 is 4.98. The average Bonchev–Trinajstić information content (AvgIpc) is 2.18. The summed E-state index contributed by atoms with van der Waals surface area (Å²) in [5, 5.41) is 0. The van der Waals surface area contributed by atoms with Crippen LogP contribution in [0.4, 0.5) is 0 Å². The smallest absolute Gasteiger partial charge is 0.216 e. The molecule has 0 amide bonds. The Morgan fingerprint density at radius 1 is 1.62 bits per heavy atom. The highest BCUT2D eigenvalue weighted by molar-refractivity contribution is 5.08. The van der Waals surface area contributed by atoms with Crippen molar-refractivity contribution in [1.82, 2.24) is 9.97 Å². The predicted octanol–water partition coefficient (Wildman–Crippen LogP) is 0.765. The summed E-state index contributed by atoms with van der Waals surface area (Å²) in [6.45, 7) is 2.05. The molecule has 0 radical (unpaired) electrons. The van der Waals surface area contributed by atoms with Crippen molar-refractivity contribution in [3.63, 3.8) is 0 Å². The Hall–Kier alpha value is -1.16. The van der Waals surface area contributed by atoms with Crippen molar-refractivity contribution in [3.8, 4) is 5.88 Å². The normalized spacial score (nSPS) is 12.5. The molecule has 13 heavy (non-hydrogen) atoms. The zero-order valence-corrected chi connectivity index (χ0v) is 8.03. The molecule has 0 spiro atoms. The van der Waals surface area contributed by atoms with Gasteiger partial charge in [-0.15, -0.1) is 0 Å². The van der Waals surface area contributed by atoms with Gasteiger partial charge in [-0.05, 0) is 6.42 Å². The first kappa shape index (κ1) is 9.92. The van der Waals surface area contributed by atoms with Gasteiger partial charge in [0.1, 0.15) is 5.82 Å². The standard InChI is InChI=1S/C9H15N3O/c1-3-7(10)6-8-11-5-4-9(12-8)13-2/h4-5,7H,3,6,10H2,1-2H3. The van der Waals surface area contributed by atoms with Crippen LogP contribution in [0.2, 0.25) is 0 Å². The summed E-state index contributed by atoms with van der Waals surface area (Å²) in [4.78, 5) is 8.27. The largest absolute Gasteiger partial charge is 0.481 e. The van der Waals surface area contributed by atoms with E-state index >= 15 is 0 Å². The minimum absolute atomic E-state index is 0.132. The fourth-order valence-electron chi connectivity index (χ4n) is 0.971. The van der Waals surface area contributed by atoms with Crippen LogP contribution in [-0.4, -0.2) is 23.1 Å². The first-order chi connectivity index (χ1) is 6.26. The molecule has 0 fully saturated rings. The van der Waals surface area contributed by atoms with E-state index in [0.717, 1.165) is 12.2 Å². The Morgan fingerprint density at radius 3 is 3.00 bits per heavy atom. The lowest BCUT2D eigenvalue weighted by Crippen LogP contribution is -2.22. The van der Waals surface area contributed by atoms with E-state index in [4.69, 9.17) is 10.5 Å². The van der Waals surface area contributed by atoms with E-state index in [2.05, 4.69) is 9.97 Å². The molecule has 0 saturated carbocycles. The van der Waals surface area contributed by atoms with Gasteiger partial charge in [-0.2, -0.15) is 4.98 Å². The lowest BCUT2D eigenvalue weighted by Gasteiger charge is -2.07. The van der Waals surface area contributed by atoms with Crippen LogP contribution in [0.25, 0.3) is 0 Å².